The van der Waals surface area contributed by atoms with Gasteiger partial charge in [-0.3, -0.25) is 14.9 Å². The van der Waals surface area contributed by atoms with E-state index in [1.165, 1.54) is 35.6 Å². The summed E-state index contributed by atoms with van der Waals surface area (Å²) in [7, 11) is 0. The van der Waals surface area contributed by atoms with Crippen LogP contribution in [-0.4, -0.2) is 16.0 Å². The Morgan fingerprint density at radius 3 is 2.88 bits per heavy atom. The number of nitro groups is 1. The molecule has 32 heavy (non-hydrogen) atoms. The van der Waals surface area contributed by atoms with Gasteiger partial charge >= 0.3 is 0 Å². The van der Waals surface area contributed by atoms with Crippen LogP contribution < -0.4 is 10.1 Å². The van der Waals surface area contributed by atoms with Gasteiger partial charge in [0.25, 0.3) is 11.6 Å². The van der Waals surface area contributed by atoms with Crippen LogP contribution in [0.15, 0.2) is 28.8 Å². The van der Waals surface area contributed by atoms with Gasteiger partial charge in [0.05, 0.1) is 16.1 Å². The molecule has 1 N–H and O–H groups in total. The van der Waals surface area contributed by atoms with Crippen molar-refractivity contribution in [3.63, 3.8) is 0 Å². The minimum absolute atomic E-state index is 0.000536. The lowest BCUT2D eigenvalue weighted by Crippen LogP contribution is -2.15. The number of aromatic nitrogens is 1. The van der Waals surface area contributed by atoms with Crippen molar-refractivity contribution in [3.8, 4) is 11.8 Å². The molecule has 0 fully saturated rings. The minimum Gasteiger partial charge on any atom is -0.489 e. The molecule has 1 amide bonds. The second-order valence-corrected chi connectivity index (χ2v) is 8.83. The number of ether oxygens (including phenoxy) is 1. The second kappa shape index (κ2) is 8.80. The molecular weight excluding hydrogens is 432 g/mol. The Hall–Kier alpha value is -3.71. The van der Waals surface area contributed by atoms with E-state index in [1.807, 2.05) is 0 Å². The Morgan fingerprint density at radius 2 is 2.19 bits per heavy atom. The second-order valence-electron chi connectivity index (χ2n) is 7.73. The highest BCUT2D eigenvalue weighted by Crippen LogP contribution is 2.39. The van der Waals surface area contributed by atoms with Gasteiger partial charge in [-0.05, 0) is 49.8 Å². The number of carbonyl (C=O) groups is 1. The van der Waals surface area contributed by atoms with E-state index in [-0.39, 0.29) is 18.0 Å². The van der Waals surface area contributed by atoms with E-state index in [9.17, 15) is 20.2 Å². The molecule has 0 radical (unpaired) electrons. The smallest absolute Gasteiger partial charge is 0.278 e. The van der Waals surface area contributed by atoms with Crippen molar-refractivity contribution in [2.75, 3.05) is 5.32 Å². The lowest BCUT2D eigenvalue weighted by molar-refractivity contribution is -0.384. The average Bonchev–Trinajstić information content (AvgIpc) is 3.31. The van der Waals surface area contributed by atoms with Crippen LogP contribution in [0.1, 0.15) is 51.2 Å². The molecule has 2 heterocycles. The van der Waals surface area contributed by atoms with Crippen molar-refractivity contribution < 1.29 is 19.0 Å². The number of rotatable bonds is 6. The molecule has 3 aromatic rings. The SMILES string of the molecule is Cc1onc(C(=O)Nc2sc3c(c2C#N)CCC(C)C3)c1COc1ccc([N+](=O)[O-])cc1. The molecule has 0 spiro atoms. The first-order chi connectivity index (χ1) is 15.4. The number of benzene rings is 1. The molecule has 1 atom stereocenters. The Morgan fingerprint density at radius 1 is 1.44 bits per heavy atom. The van der Waals surface area contributed by atoms with Gasteiger partial charge in [0.1, 0.15) is 29.2 Å². The van der Waals surface area contributed by atoms with Gasteiger partial charge in [-0.2, -0.15) is 5.26 Å². The first kappa shape index (κ1) is 21.5. The number of thiophene rings is 1. The van der Waals surface area contributed by atoms with Gasteiger partial charge in [0.15, 0.2) is 5.69 Å². The molecule has 9 nitrogen and oxygen atoms in total. The van der Waals surface area contributed by atoms with Crippen molar-refractivity contribution in [3.05, 3.63) is 67.4 Å². The molecule has 0 aliphatic heterocycles. The van der Waals surface area contributed by atoms with Crippen LogP contribution in [0.5, 0.6) is 5.75 Å². The number of amides is 1. The zero-order valence-electron chi connectivity index (χ0n) is 17.5. The van der Waals surface area contributed by atoms with E-state index >= 15 is 0 Å². The van der Waals surface area contributed by atoms with E-state index in [4.69, 9.17) is 9.26 Å². The molecule has 4 rings (SSSR count). The summed E-state index contributed by atoms with van der Waals surface area (Å²) >= 11 is 1.44. The summed E-state index contributed by atoms with van der Waals surface area (Å²) in [6, 6.07) is 7.88. The van der Waals surface area contributed by atoms with Crippen LogP contribution in [0.25, 0.3) is 0 Å². The van der Waals surface area contributed by atoms with Gasteiger partial charge in [0.2, 0.25) is 0 Å². The van der Waals surface area contributed by atoms with Crippen molar-refractivity contribution in [1.29, 1.82) is 5.26 Å². The van der Waals surface area contributed by atoms with Crippen LogP contribution in [0.4, 0.5) is 10.7 Å². The molecule has 1 aliphatic carbocycles. The van der Waals surface area contributed by atoms with Crippen LogP contribution >= 0.6 is 11.3 Å². The third-order valence-corrected chi connectivity index (χ3v) is 6.65. The quantitative estimate of drug-likeness (QED) is 0.420. The lowest BCUT2D eigenvalue weighted by atomic mass is 9.88. The number of hydrogen-bond donors (Lipinski definition) is 1. The van der Waals surface area contributed by atoms with E-state index in [0.717, 1.165) is 29.7 Å². The largest absolute Gasteiger partial charge is 0.489 e. The molecule has 2 aromatic heterocycles. The van der Waals surface area contributed by atoms with E-state index in [1.54, 1.807) is 6.92 Å². The van der Waals surface area contributed by atoms with E-state index in [2.05, 4.69) is 23.5 Å². The van der Waals surface area contributed by atoms with Crippen LogP contribution in [-0.2, 0) is 19.4 Å². The summed E-state index contributed by atoms with van der Waals surface area (Å²) in [5, 5.41) is 27.7. The molecule has 10 heteroatoms. The van der Waals surface area contributed by atoms with Gasteiger partial charge < -0.3 is 14.6 Å². The number of aryl methyl sites for hydroxylation is 1. The summed E-state index contributed by atoms with van der Waals surface area (Å²) < 4.78 is 10.9. The van der Waals surface area contributed by atoms with Crippen LogP contribution in [0, 0.1) is 34.3 Å². The summed E-state index contributed by atoms with van der Waals surface area (Å²) in [5.41, 5.74) is 2.06. The molecule has 1 unspecified atom stereocenters. The maximum Gasteiger partial charge on any atom is 0.278 e. The number of carbonyl (C=O) groups excluding carboxylic acids is 1. The average molecular weight is 452 g/mol. The number of nitriles is 1. The number of nitrogens with zero attached hydrogens (tertiary/aromatic N) is 3. The Balaban J connectivity index is 1.51. The third-order valence-electron chi connectivity index (χ3n) is 5.48. The highest BCUT2D eigenvalue weighted by molar-refractivity contribution is 7.16. The van der Waals surface area contributed by atoms with E-state index < -0.39 is 10.8 Å². The Bertz CT molecular complexity index is 1220. The highest BCUT2D eigenvalue weighted by Gasteiger charge is 2.27. The molecule has 0 bridgehead atoms. The number of non-ortho nitro benzene ring substituents is 1. The van der Waals surface area contributed by atoms with Gasteiger partial charge in [-0.25, -0.2) is 0 Å². The fourth-order valence-corrected chi connectivity index (χ4v) is 5.03. The summed E-state index contributed by atoms with van der Waals surface area (Å²) in [4.78, 5) is 24.4. The monoisotopic (exact) mass is 452 g/mol. The maximum absolute atomic E-state index is 13.0. The molecular formula is C22H20N4O5S. The number of nitro benzene ring substituents is 1. The van der Waals surface area contributed by atoms with Crippen LogP contribution in [0.2, 0.25) is 0 Å². The molecule has 0 saturated heterocycles. The van der Waals surface area contributed by atoms with Crippen molar-refractivity contribution in [2.45, 2.75) is 39.7 Å². The van der Waals surface area contributed by atoms with Crippen molar-refractivity contribution in [1.82, 2.24) is 5.16 Å². The van der Waals surface area contributed by atoms with Gasteiger partial charge in [0, 0.05) is 17.0 Å². The minimum atomic E-state index is -0.491. The third kappa shape index (κ3) is 4.20. The zero-order chi connectivity index (χ0) is 22.8. The topological polar surface area (TPSA) is 131 Å². The first-order valence-corrected chi connectivity index (χ1v) is 10.9. The zero-order valence-corrected chi connectivity index (χ0v) is 18.3. The fourth-order valence-electron chi connectivity index (χ4n) is 3.68. The molecule has 0 saturated carbocycles. The predicted octanol–water partition coefficient (Wildman–Crippen LogP) is 4.78. The number of anilines is 1. The van der Waals surface area contributed by atoms with Gasteiger partial charge in [-0.15, -0.1) is 11.3 Å². The molecule has 1 aliphatic rings. The summed E-state index contributed by atoms with van der Waals surface area (Å²) in [6.07, 6.45) is 2.77. The summed E-state index contributed by atoms with van der Waals surface area (Å²) in [6.45, 7) is 3.85. The Kier molecular flexibility index (Phi) is 5.92. The molecule has 1 aromatic carbocycles. The normalized spacial score (nSPS) is 15.0. The number of fused-ring (bicyclic) bond motifs is 1. The van der Waals surface area contributed by atoms with Gasteiger partial charge in [-0.1, -0.05) is 12.1 Å². The molecule has 164 valence electrons. The van der Waals surface area contributed by atoms with Crippen LogP contribution in [0.3, 0.4) is 0 Å². The summed E-state index contributed by atoms with van der Waals surface area (Å²) in [5.74, 6) is 0.913. The standard InChI is InChI=1S/C22H20N4O5S/c1-12-3-8-16-17(10-23)22(32-19(16)9-12)24-21(27)20-18(13(2)31-25-20)11-30-15-6-4-14(5-7-15)26(28)29/h4-7,12H,3,8-9,11H2,1-2H3,(H,24,27). The Labute approximate surface area is 187 Å². The first-order valence-electron chi connectivity index (χ1n) is 10.1. The van der Waals surface area contributed by atoms with Crippen molar-refractivity contribution in [2.24, 2.45) is 5.92 Å². The predicted molar refractivity (Wildman–Crippen MR) is 117 cm³/mol. The fraction of sp³-hybridized carbons (Fsp3) is 0.318. The number of nitrogens with one attached hydrogen (secondary N) is 1. The maximum atomic E-state index is 13.0. The number of hydrogen-bond acceptors (Lipinski definition) is 8. The van der Waals surface area contributed by atoms with E-state index in [0.29, 0.717) is 33.6 Å². The lowest BCUT2D eigenvalue weighted by Gasteiger charge is -2.17. The highest BCUT2D eigenvalue weighted by atomic mass is 32.1. The van der Waals surface area contributed by atoms with Crippen molar-refractivity contribution >= 4 is 27.9 Å².